The molecule has 5 heteroatoms. The number of nitrogens with one attached hydrogen (secondary N) is 2. The topological polar surface area (TPSA) is 71.1 Å². The van der Waals surface area contributed by atoms with Crippen LogP contribution in [0, 0.1) is 20.8 Å². The molecule has 0 unspecified atom stereocenters. The summed E-state index contributed by atoms with van der Waals surface area (Å²) in [6.45, 7) is 5.90. The van der Waals surface area contributed by atoms with Crippen LogP contribution in [0.25, 0.3) is 0 Å². The van der Waals surface area contributed by atoms with E-state index < -0.39 is 0 Å². The highest BCUT2D eigenvalue weighted by Gasteiger charge is 2.13. The van der Waals surface area contributed by atoms with Crippen LogP contribution in [-0.2, 0) is 0 Å². The van der Waals surface area contributed by atoms with Gasteiger partial charge in [0.05, 0.1) is 0 Å². The Hall–Kier alpha value is -3.47. The quantitative estimate of drug-likeness (QED) is 0.720. The second kappa shape index (κ2) is 7.83. The van der Waals surface area contributed by atoms with Crippen molar-refractivity contribution in [2.75, 3.05) is 10.6 Å². The molecule has 27 heavy (non-hydrogen) atoms. The summed E-state index contributed by atoms with van der Waals surface area (Å²) in [6, 6.07) is 16.4. The van der Waals surface area contributed by atoms with E-state index in [2.05, 4.69) is 15.6 Å². The molecule has 2 N–H and O–H groups in total. The van der Waals surface area contributed by atoms with Crippen LogP contribution in [0.15, 0.2) is 60.8 Å². The van der Waals surface area contributed by atoms with E-state index in [0.29, 0.717) is 11.3 Å². The number of rotatable bonds is 4. The van der Waals surface area contributed by atoms with Crippen LogP contribution < -0.4 is 10.6 Å². The van der Waals surface area contributed by atoms with Crippen molar-refractivity contribution in [1.82, 2.24) is 4.98 Å². The highest BCUT2D eigenvalue weighted by atomic mass is 16.2. The van der Waals surface area contributed by atoms with Gasteiger partial charge in [-0.15, -0.1) is 0 Å². The minimum atomic E-state index is -0.360. The van der Waals surface area contributed by atoms with Crippen molar-refractivity contribution in [3.05, 3.63) is 88.7 Å². The van der Waals surface area contributed by atoms with Crippen molar-refractivity contribution >= 4 is 23.2 Å². The fourth-order valence-corrected chi connectivity index (χ4v) is 2.86. The summed E-state index contributed by atoms with van der Waals surface area (Å²) in [5.41, 5.74) is 5.15. The van der Waals surface area contributed by atoms with Crippen molar-refractivity contribution < 1.29 is 9.59 Å². The first-order valence-electron chi connectivity index (χ1n) is 8.64. The third-order valence-electron chi connectivity index (χ3n) is 4.01. The van der Waals surface area contributed by atoms with E-state index in [1.54, 1.807) is 6.07 Å². The molecule has 3 rings (SSSR count). The van der Waals surface area contributed by atoms with Crippen LogP contribution in [0.4, 0.5) is 11.4 Å². The standard InChI is InChI=1S/C22H21N3O2/c1-14-5-4-6-18(10-14)24-22(27)20-13-17(7-8-23-20)21(26)25-19-11-15(2)9-16(3)12-19/h4-13H,1-3H3,(H,24,27)(H,25,26). The zero-order valence-corrected chi connectivity index (χ0v) is 15.5. The molecule has 0 aliphatic heterocycles. The first-order valence-corrected chi connectivity index (χ1v) is 8.64. The van der Waals surface area contributed by atoms with Crippen molar-refractivity contribution in [2.45, 2.75) is 20.8 Å². The fraction of sp³-hybridized carbons (Fsp3) is 0.136. The number of pyridine rings is 1. The molecule has 0 spiro atoms. The molecule has 0 fully saturated rings. The van der Waals surface area contributed by atoms with Gasteiger partial charge < -0.3 is 10.6 Å². The van der Waals surface area contributed by atoms with Gasteiger partial charge in [0.25, 0.3) is 11.8 Å². The molecular formula is C22H21N3O2. The molecular weight excluding hydrogens is 338 g/mol. The molecule has 0 radical (unpaired) electrons. The summed E-state index contributed by atoms with van der Waals surface area (Å²) >= 11 is 0. The lowest BCUT2D eigenvalue weighted by atomic mass is 10.1. The number of carbonyl (C=O) groups is 2. The Labute approximate surface area is 158 Å². The predicted octanol–water partition coefficient (Wildman–Crippen LogP) is 4.51. The lowest BCUT2D eigenvalue weighted by molar-refractivity contribution is 0.102. The first-order chi connectivity index (χ1) is 12.9. The lowest BCUT2D eigenvalue weighted by Crippen LogP contribution is -2.17. The van der Waals surface area contributed by atoms with Gasteiger partial charge in [0.1, 0.15) is 5.69 Å². The second-order valence-electron chi connectivity index (χ2n) is 6.58. The van der Waals surface area contributed by atoms with Gasteiger partial charge in [-0.05, 0) is 73.9 Å². The molecule has 2 amide bonds. The highest BCUT2D eigenvalue weighted by molar-refractivity contribution is 6.07. The van der Waals surface area contributed by atoms with E-state index in [1.807, 2.05) is 63.2 Å². The molecule has 0 saturated heterocycles. The van der Waals surface area contributed by atoms with Gasteiger partial charge in [-0.25, -0.2) is 0 Å². The number of anilines is 2. The lowest BCUT2D eigenvalue weighted by Gasteiger charge is -2.09. The van der Waals surface area contributed by atoms with Gasteiger partial charge in [-0.3, -0.25) is 14.6 Å². The summed E-state index contributed by atoms with van der Waals surface area (Å²) < 4.78 is 0. The third-order valence-corrected chi connectivity index (χ3v) is 4.01. The van der Waals surface area contributed by atoms with Crippen molar-refractivity contribution in [3.8, 4) is 0 Å². The Morgan fingerprint density at radius 3 is 2.11 bits per heavy atom. The number of nitrogens with zero attached hydrogens (tertiary/aromatic N) is 1. The average Bonchev–Trinajstić information content (AvgIpc) is 2.61. The SMILES string of the molecule is Cc1cc(C)cc(NC(=O)c2ccnc(C(=O)Nc3cccc(C)c3)c2)c1. The zero-order chi connectivity index (χ0) is 19.4. The minimum Gasteiger partial charge on any atom is -0.322 e. The maximum absolute atomic E-state index is 12.5. The Balaban J connectivity index is 1.76. The van der Waals surface area contributed by atoms with Gasteiger partial charge in [0.2, 0.25) is 0 Å². The number of aromatic nitrogens is 1. The number of amides is 2. The molecule has 2 aromatic carbocycles. The summed E-state index contributed by atoms with van der Waals surface area (Å²) in [5.74, 6) is -0.645. The van der Waals surface area contributed by atoms with E-state index in [0.717, 1.165) is 22.4 Å². The normalized spacial score (nSPS) is 10.3. The molecule has 0 aliphatic rings. The van der Waals surface area contributed by atoms with E-state index in [1.165, 1.54) is 12.3 Å². The largest absolute Gasteiger partial charge is 0.322 e. The Bertz CT molecular complexity index is 992. The second-order valence-corrected chi connectivity index (χ2v) is 6.58. The van der Waals surface area contributed by atoms with Crippen LogP contribution in [-0.4, -0.2) is 16.8 Å². The molecule has 0 aliphatic carbocycles. The van der Waals surface area contributed by atoms with Gasteiger partial charge >= 0.3 is 0 Å². The molecule has 0 atom stereocenters. The van der Waals surface area contributed by atoms with E-state index in [9.17, 15) is 9.59 Å². The fourth-order valence-electron chi connectivity index (χ4n) is 2.86. The Morgan fingerprint density at radius 1 is 0.741 bits per heavy atom. The van der Waals surface area contributed by atoms with E-state index >= 15 is 0 Å². The van der Waals surface area contributed by atoms with Crippen LogP contribution in [0.3, 0.4) is 0 Å². The summed E-state index contributed by atoms with van der Waals surface area (Å²) in [6.07, 6.45) is 1.46. The van der Waals surface area contributed by atoms with Crippen LogP contribution in [0.1, 0.15) is 37.5 Å². The summed E-state index contributed by atoms with van der Waals surface area (Å²) in [4.78, 5) is 29.1. The predicted molar refractivity (Wildman–Crippen MR) is 107 cm³/mol. The first kappa shape index (κ1) is 18.3. The number of benzene rings is 2. The monoisotopic (exact) mass is 359 g/mol. The number of hydrogen-bond acceptors (Lipinski definition) is 3. The number of carbonyl (C=O) groups excluding carboxylic acids is 2. The Kier molecular flexibility index (Phi) is 5.31. The molecule has 136 valence electrons. The summed E-state index contributed by atoms with van der Waals surface area (Å²) in [7, 11) is 0. The van der Waals surface area contributed by atoms with Gasteiger partial charge in [-0.2, -0.15) is 0 Å². The molecule has 3 aromatic rings. The number of aryl methyl sites for hydroxylation is 3. The average molecular weight is 359 g/mol. The summed E-state index contributed by atoms with van der Waals surface area (Å²) in [5, 5.41) is 5.66. The molecule has 1 heterocycles. The van der Waals surface area contributed by atoms with Gasteiger partial charge in [0.15, 0.2) is 0 Å². The van der Waals surface area contributed by atoms with Crippen LogP contribution in [0.2, 0.25) is 0 Å². The smallest absolute Gasteiger partial charge is 0.274 e. The molecule has 1 aromatic heterocycles. The van der Waals surface area contributed by atoms with Crippen LogP contribution in [0.5, 0.6) is 0 Å². The number of hydrogen-bond donors (Lipinski definition) is 2. The molecule has 0 bridgehead atoms. The highest BCUT2D eigenvalue weighted by Crippen LogP contribution is 2.16. The van der Waals surface area contributed by atoms with Gasteiger partial charge in [-0.1, -0.05) is 18.2 Å². The minimum absolute atomic E-state index is 0.185. The maximum Gasteiger partial charge on any atom is 0.274 e. The zero-order valence-electron chi connectivity index (χ0n) is 15.5. The third kappa shape index (κ3) is 4.79. The van der Waals surface area contributed by atoms with E-state index in [-0.39, 0.29) is 17.5 Å². The van der Waals surface area contributed by atoms with Crippen molar-refractivity contribution in [3.63, 3.8) is 0 Å². The van der Waals surface area contributed by atoms with E-state index in [4.69, 9.17) is 0 Å². The van der Waals surface area contributed by atoms with Crippen molar-refractivity contribution in [2.24, 2.45) is 0 Å². The molecule has 5 nitrogen and oxygen atoms in total. The maximum atomic E-state index is 12.5. The Morgan fingerprint density at radius 2 is 1.41 bits per heavy atom. The van der Waals surface area contributed by atoms with Crippen LogP contribution >= 0.6 is 0 Å². The molecule has 0 saturated carbocycles. The van der Waals surface area contributed by atoms with Gasteiger partial charge in [0, 0.05) is 23.1 Å². The van der Waals surface area contributed by atoms with Crippen molar-refractivity contribution in [1.29, 1.82) is 0 Å².